The first-order valence-corrected chi connectivity index (χ1v) is 11.9. The number of fused-ring (bicyclic) bond motifs is 1. The van der Waals surface area contributed by atoms with Gasteiger partial charge in [0, 0.05) is 30.7 Å². The molecule has 2 aromatic carbocycles. The third-order valence-electron chi connectivity index (χ3n) is 6.81. The van der Waals surface area contributed by atoms with E-state index in [1.807, 2.05) is 50.2 Å². The number of hydrogen-bond acceptors (Lipinski definition) is 6. The Bertz CT molecular complexity index is 1370. The average molecular weight is 479 g/mol. The largest absolute Gasteiger partial charge is 0.454 e. The molecule has 4 aromatic rings. The minimum absolute atomic E-state index is 0.206. The van der Waals surface area contributed by atoms with Gasteiger partial charge in [-0.15, -0.1) is 0 Å². The van der Waals surface area contributed by atoms with Gasteiger partial charge >= 0.3 is 11.9 Å². The summed E-state index contributed by atoms with van der Waals surface area (Å²) in [6, 6.07) is 22.6. The van der Waals surface area contributed by atoms with Crippen LogP contribution in [0.2, 0.25) is 0 Å². The maximum Gasteiger partial charge on any atom is 0.338 e. The maximum atomic E-state index is 13.3. The molecule has 2 heterocycles. The number of hydrogen-bond donors (Lipinski definition) is 0. The zero-order valence-electron chi connectivity index (χ0n) is 20.1. The lowest BCUT2D eigenvalue weighted by atomic mass is 9.70. The molecule has 0 spiro atoms. The summed E-state index contributed by atoms with van der Waals surface area (Å²) in [7, 11) is 0. The molecule has 1 aliphatic rings. The number of esters is 2. The number of pyridine rings is 2. The molecule has 6 heteroatoms. The van der Waals surface area contributed by atoms with Crippen molar-refractivity contribution in [3.8, 4) is 0 Å². The Morgan fingerprint density at radius 1 is 0.639 bits per heavy atom. The number of benzene rings is 2. The van der Waals surface area contributed by atoms with Crippen molar-refractivity contribution in [3.63, 3.8) is 0 Å². The summed E-state index contributed by atoms with van der Waals surface area (Å²) in [6.45, 7) is 4.04. The van der Waals surface area contributed by atoms with Crippen LogP contribution in [0.15, 0.2) is 97.6 Å². The van der Waals surface area contributed by atoms with E-state index in [4.69, 9.17) is 9.47 Å². The molecule has 4 atom stereocenters. The molecule has 0 N–H and O–H groups in total. The van der Waals surface area contributed by atoms with Gasteiger partial charge in [-0.05, 0) is 53.4 Å². The van der Waals surface area contributed by atoms with Crippen LogP contribution in [0.5, 0.6) is 0 Å². The first-order chi connectivity index (χ1) is 17.5. The normalized spacial score (nSPS) is 20.7. The van der Waals surface area contributed by atoms with E-state index < -0.39 is 24.1 Å². The molecule has 36 heavy (non-hydrogen) atoms. The molecule has 2 aromatic heterocycles. The fourth-order valence-electron chi connectivity index (χ4n) is 4.98. The van der Waals surface area contributed by atoms with Crippen molar-refractivity contribution in [2.45, 2.75) is 37.9 Å². The highest BCUT2D eigenvalue weighted by atomic mass is 16.6. The zero-order valence-corrected chi connectivity index (χ0v) is 20.1. The Hall–Kier alpha value is -4.32. The summed E-state index contributed by atoms with van der Waals surface area (Å²) in [6.07, 6.45) is 4.74. The third kappa shape index (κ3) is 4.50. The minimum Gasteiger partial charge on any atom is -0.454 e. The van der Waals surface area contributed by atoms with Crippen molar-refractivity contribution in [3.05, 3.63) is 131 Å². The second-order valence-corrected chi connectivity index (χ2v) is 8.96. The van der Waals surface area contributed by atoms with E-state index in [0.29, 0.717) is 11.1 Å². The number of carbonyl (C=O) groups excluding carboxylic acids is 2. The van der Waals surface area contributed by atoms with Crippen LogP contribution in [0.1, 0.15) is 61.7 Å². The Kier molecular flexibility index (Phi) is 6.58. The molecule has 0 amide bonds. The summed E-state index contributed by atoms with van der Waals surface area (Å²) < 4.78 is 12.4. The number of carbonyl (C=O) groups is 2. The number of rotatable bonds is 5. The van der Waals surface area contributed by atoms with Crippen LogP contribution in [0.25, 0.3) is 0 Å². The van der Waals surface area contributed by atoms with Gasteiger partial charge in [0.05, 0.1) is 17.0 Å². The predicted octanol–water partition coefficient (Wildman–Crippen LogP) is 5.49. The number of aromatic nitrogens is 2. The van der Waals surface area contributed by atoms with Gasteiger partial charge in [-0.3, -0.25) is 9.97 Å². The first-order valence-electron chi connectivity index (χ1n) is 11.9. The van der Waals surface area contributed by atoms with Crippen molar-refractivity contribution >= 4 is 11.9 Å². The fraction of sp³-hybridized carbons (Fsp3) is 0.200. The Morgan fingerprint density at radius 3 is 1.67 bits per heavy atom. The molecular formula is C30H26N2O4. The van der Waals surface area contributed by atoms with Gasteiger partial charge in [0.15, 0.2) is 6.10 Å². The molecule has 180 valence electrons. The molecule has 6 nitrogen and oxygen atoms in total. The van der Waals surface area contributed by atoms with Gasteiger partial charge in [-0.1, -0.05) is 55.5 Å². The maximum absolute atomic E-state index is 13.3. The SMILES string of the molecule is Cc1ccccc1[C@H]1c2ccccc2[C@H](C)C(OC(=O)c2ccncc2)C1OC(=O)c1ccncc1. The van der Waals surface area contributed by atoms with E-state index in [9.17, 15) is 9.59 Å². The van der Waals surface area contributed by atoms with Gasteiger partial charge < -0.3 is 9.47 Å². The van der Waals surface area contributed by atoms with Crippen molar-refractivity contribution < 1.29 is 19.1 Å². The van der Waals surface area contributed by atoms with Gasteiger partial charge in [0.1, 0.15) is 6.10 Å². The van der Waals surface area contributed by atoms with Crippen molar-refractivity contribution in [2.75, 3.05) is 0 Å². The van der Waals surface area contributed by atoms with E-state index in [0.717, 1.165) is 22.3 Å². The summed E-state index contributed by atoms with van der Waals surface area (Å²) in [4.78, 5) is 34.5. The lowest BCUT2D eigenvalue weighted by molar-refractivity contribution is -0.0532. The molecule has 5 rings (SSSR count). The van der Waals surface area contributed by atoms with Crippen LogP contribution in [0, 0.1) is 6.92 Å². The molecule has 0 saturated carbocycles. The smallest absolute Gasteiger partial charge is 0.338 e. The highest BCUT2D eigenvalue weighted by Gasteiger charge is 2.46. The van der Waals surface area contributed by atoms with Crippen LogP contribution >= 0.6 is 0 Å². The topological polar surface area (TPSA) is 78.4 Å². The third-order valence-corrected chi connectivity index (χ3v) is 6.81. The zero-order chi connectivity index (χ0) is 25.1. The van der Waals surface area contributed by atoms with E-state index in [1.165, 1.54) is 0 Å². The molecule has 2 unspecified atom stereocenters. The van der Waals surface area contributed by atoms with E-state index in [-0.39, 0.29) is 11.8 Å². The number of aryl methyl sites for hydroxylation is 1. The highest BCUT2D eigenvalue weighted by molar-refractivity contribution is 5.90. The molecule has 0 fully saturated rings. The van der Waals surface area contributed by atoms with Crippen molar-refractivity contribution in [1.29, 1.82) is 0 Å². The average Bonchev–Trinajstić information content (AvgIpc) is 2.92. The quantitative estimate of drug-likeness (QED) is 0.353. The van der Waals surface area contributed by atoms with Crippen LogP contribution in [-0.4, -0.2) is 34.1 Å². The van der Waals surface area contributed by atoms with Gasteiger partial charge in [-0.25, -0.2) is 9.59 Å². The summed E-state index contributed by atoms with van der Waals surface area (Å²) >= 11 is 0. The Balaban J connectivity index is 1.62. The van der Waals surface area contributed by atoms with E-state index >= 15 is 0 Å². The van der Waals surface area contributed by atoms with Gasteiger partial charge in [0.2, 0.25) is 0 Å². The van der Waals surface area contributed by atoms with E-state index in [2.05, 4.69) is 22.1 Å². The molecule has 0 saturated heterocycles. The van der Waals surface area contributed by atoms with Gasteiger partial charge in [0.25, 0.3) is 0 Å². The summed E-state index contributed by atoms with van der Waals surface area (Å²) in [5.41, 5.74) is 4.99. The highest BCUT2D eigenvalue weighted by Crippen LogP contribution is 2.46. The lowest BCUT2D eigenvalue weighted by Crippen LogP contribution is -2.46. The van der Waals surface area contributed by atoms with Crippen LogP contribution in [-0.2, 0) is 9.47 Å². The molecule has 0 radical (unpaired) electrons. The molecule has 0 bridgehead atoms. The summed E-state index contributed by atoms with van der Waals surface area (Å²) in [5.74, 6) is -1.50. The monoisotopic (exact) mass is 478 g/mol. The Labute approximate surface area is 210 Å². The van der Waals surface area contributed by atoms with E-state index in [1.54, 1.807) is 49.1 Å². The summed E-state index contributed by atoms with van der Waals surface area (Å²) in [5, 5.41) is 0. The van der Waals surface area contributed by atoms with Crippen molar-refractivity contribution in [2.24, 2.45) is 0 Å². The molecule has 0 aliphatic heterocycles. The Morgan fingerprint density at radius 2 is 1.11 bits per heavy atom. The van der Waals surface area contributed by atoms with Crippen LogP contribution in [0.4, 0.5) is 0 Å². The first kappa shape index (κ1) is 23.4. The van der Waals surface area contributed by atoms with Crippen LogP contribution in [0.3, 0.4) is 0 Å². The number of nitrogens with zero attached hydrogens (tertiary/aromatic N) is 2. The number of ether oxygens (including phenoxy) is 2. The standard InChI is InChI=1S/C30H26N2O4/c1-19-7-3-4-8-23(19)26-25-10-6-5-9-24(25)20(2)27(35-29(33)21-11-15-31-16-12-21)28(26)36-30(34)22-13-17-32-18-14-22/h3-18,20,26-28H,1-2H3/t20-,26-,27?,28?/m0/s1. The minimum atomic E-state index is -0.748. The molecule has 1 aliphatic carbocycles. The lowest BCUT2D eigenvalue weighted by Gasteiger charge is -2.42. The second kappa shape index (κ2) is 10.1. The van der Waals surface area contributed by atoms with Crippen molar-refractivity contribution in [1.82, 2.24) is 9.97 Å². The van der Waals surface area contributed by atoms with Gasteiger partial charge in [-0.2, -0.15) is 0 Å². The molecular weight excluding hydrogens is 452 g/mol. The second-order valence-electron chi connectivity index (χ2n) is 8.96. The fourth-order valence-corrected chi connectivity index (χ4v) is 4.98. The predicted molar refractivity (Wildman–Crippen MR) is 135 cm³/mol. The van der Waals surface area contributed by atoms with Crippen LogP contribution < -0.4 is 0 Å².